The molecular formula is C21H23F3O4. The van der Waals surface area contributed by atoms with Crippen LogP contribution < -0.4 is 4.74 Å². The van der Waals surface area contributed by atoms with Crippen molar-refractivity contribution in [2.75, 3.05) is 20.3 Å². The maximum atomic E-state index is 12.8. The molecule has 0 saturated carbocycles. The monoisotopic (exact) mass is 396 g/mol. The number of aliphatic carboxylic acids is 1. The summed E-state index contributed by atoms with van der Waals surface area (Å²) in [7, 11) is 1.54. The molecule has 1 atom stereocenters. The second-order valence-electron chi connectivity index (χ2n) is 6.39. The zero-order valence-electron chi connectivity index (χ0n) is 15.8. The maximum absolute atomic E-state index is 12.8. The molecule has 7 heteroatoms. The summed E-state index contributed by atoms with van der Waals surface area (Å²) in [5.41, 5.74) is 0.964. The van der Waals surface area contributed by atoms with E-state index in [2.05, 4.69) is 0 Å². The number of carboxylic acid groups (broad SMARTS) is 1. The first kappa shape index (κ1) is 21.8. The molecule has 0 aromatic heterocycles. The van der Waals surface area contributed by atoms with Crippen LogP contribution in [0.2, 0.25) is 0 Å². The van der Waals surface area contributed by atoms with Crippen molar-refractivity contribution in [2.45, 2.75) is 31.9 Å². The highest BCUT2D eigenvalue weighted by Gasteiger charge is 2.30. The molecule has 0 spiro atoms. The number of carboxylic acids is 1. The van der Waals surface area contributed by atoms with E-state index in [0.29, 0.717) is 41.9 Å². The fourth-order valence-corrected chi connectivity index (χ4v) is 2.89. The number of hydrogen-bond acceptors (Lipinski definition) is 3. The summed E-state index contributed by atoms with van der Waals surface area (Å²) in [6.07, 6.45) is -3.28. The third kappa shape index (κ3) is 5.73. The van der Waals surface area contributed by atoms with E-state index < -0.39 is 23.6 Å². The first-order valence-corrected chi connectivity index (χ1v) is 8.93. The normalized spacial score (nSPS) is 12.6. The van der Waals surface area contributed by atoms with Crippen LogP contribution in [0.1, 0.15) is 36.8 Å². The minimum atomic E-state index is -4.41. The molecular weight excluding hydrogens is 373 g/mol. The quantitative estimate of drug-likeness (QED) is 0.580. The van der Waals surface area contributed by atoms with Gasteiger partial charge in [0.25, 0.3) is 0 Å². The number of hydrogen-bond donors (Lipinski definition) is 1. The van der Waals surface area contributed by atoms with Crippen LogP contribution in [0.3, 0.4) is 0 Å². The molecule has 0 saturated heterocycles. The van der Waals surface area contributed by atoms with Gasteiger partial charge in [0.1, 0.15) is 12.4 Å². The molecule has 0 radical (unpaired) electrons. The smallest absolute Gasteiger partial charge is 0.416 e. The predicted molar refractivity (Wildman–Crippen MR) is 99.5 cm³/mol. The van der Waals surface area contributed by atoms with Crippen molar-refractivity contribution in [3.05, 3.63) is 53.6 Å². The SMILES string of the molecule is CCCC(C(=O)O)c1cc(OCCOC)cc(-c2ccc(C(F)(F)F)cc2)c1. The largest absolute Gasteiger partial charge is 0.491 e. The van der Waals surface area contributed by atoms with E-state index >= 15 is 0 Å². The Labute approximate surface area is 161 Å². The van der Waals surface area contributed by atoms with Crippen molar-refractivity contribution in [2.24, 2.45) is 0 Å². The first-order valence-electron chi connectivity index (χ1n) is 8.93. The Balaban J connectivity index is 2.45. The summed E-state index contributed by atoms with van der Waals surface area (Å²) in [6, 6.07) is 9.81. The minimum absolute atomic E-state index is 0.276. The van der Waals surface area contributed by atoms with Crippen molar-refractivity contribution >= 4 is 5.97 Å². The second kappa shape index (κ2) is 9.59. The first-order chi connectivity index (χ1) is 13.3. The van der Waals surface area contributed by atoms with Gasteiger partial charge in [0.2, 0.25) is 0 Å². The van der Waals surface area contributed by atoms with Crippen LogP contribution in [-0.2, 0) is 15.7 Å². The topological polar surface area (TPSA) is 55.8 Å². The lowest BCUT2D eigenvalue weighted by atomic mass is 9.91. The van der Waals surface area contributed by atoms with E-state index in [9.17, 15) is 23.1 Å². The van der Waals surface area contributed by atoms with Gasteiger partial charge in [0, 0.05) is 7.11 Å². The molecule has 0 aliphatic rings. The Morgan fingerprint density at radius 1 is 1.07 bits per heavy atom. The average Bonchev–Trinajstić information content (AvgIpc) is 2.65. The third-order valence-electron chi connectivity index (χ3n) is 4.31. The highest BCUT2D eigenvalue weighted by molar-refractivity contribution is 5.78. The fraction of sp³-hybridized carbons (Fsp3) is 0.381. The Bertz CT molecular complexity index is 785. The summed E-state index contributed by atoms with van der Waals surface area (Å²) >= 11 is 0. The van der Waals surface area contributed by atoms with Gasteiger partial charge in [-0.15, -0.1) is 0 Å². The zero-order chi connectivity index (χ0) is 20.7. The lowest BCUT2D eigenvalue weighted by molar-refractivity contribution is -0.139. The van der Waals surface area contributed by atoms with E-state index in [1.807, 2.05) is 6.92 Å². The summed E-state index contributed by atoms with van der Waals surface area (Å²) in [5.74, 6) is -1.22. The number of methoxy groups -OCH3 is 1. The molecule has 0 aliphatic heterocycles. The molecule has 1 N–H and O–H groups in total. The molecule has 152 valence electrons. The number of benzene rings is 2. The van der Waals surface area contributed by atoms with Gasteiger partial charge in [0.15, 0.2) is 0 Å². The molecule has 28 heavy (non-hydrogen) atoms. The van der Waals surface area contributed by atoms with Gasteiger partial charge in [-0.25, -0.2) is 0 Å². The number of rotatable bonds is 9. The maximum Gasteiger partial charge on any atom is 0.416 e. The number of ether oxygens (including phenoxy) is 2. The van der Waals surface area contributed by atoms with Crippen LogP contribution in [0.15, 0.2) is 42.5 Å². The average molecular weight is 396 g/mol. The van der Waals surface area contributed by atoms with E-state index in [4.69, 9.17) is 9.47 Å². The van der Waals surface area contributed by atoms with E-state index in [1.54, 1.807) is 18.2 Å². The van der Waals surface area contributed by atoms with Crippen LogP contribution in [0, 0.1) is 0 Å². The van der Waals surface area contributed by atoms with Crippen LogP contribution >= 0.6 is 0 Å². The molecule has 2 rings (SSSR count). The molecule has 0 amide bonds. The molecule has 2 aromatic carbocycles. The summed E-state index contributed by atoms with van der Waals surface area (Å²) in [6.45, 7) is 2.53. The van der Waals surface area contributed by atoms with Crippen molar-refractivity contribution in [3.8, 4) is 16.9 Å². The standard InChI is InChI=1S/C21H23F3O4/c1-3-4-19(20(25)26)16-11-15(12-18(13-16)28-10-9-27-2)14-5-7-17(8-6-14)21(22,23)24/h5-8,11-13,19H,3-4,9-10H2,1-2H3,(H,25,26). The lowest BCUT2D eigenvalue weighted by Gasteiger charge is -2.16. The molecule has 2 aromatic rings. The molecule has 1 unspecified atom stereocenters. The van der Waals surface area contributed by atoms with Gasteiger partial charge >= 0.3 is 12.1 Å². The van der Waals surface area contributed by atoms with Crippen LogP contribution in [0.5, 0.6) is 5.75 Å². The van der Waals surface area contributed by atoms with Crippen molar-refractivity contribution in [3.63, 3.8) is 0 Å². The highest BCUT2D eigenvalue weighted by Crippen LogP contribution is 2.34. The van der Waals surface area contributed by atoms with E-state index in [0.717, 1.165) is 12.1 Å². The van der Waals surface area contributed by atoms with Gasteiger partial charge in [-0.1, -0.05) is 31.5 Å². The van der Waals surface area contributed by atoms with E-state index in [-0.39, 0.29) is 6.61 Å². The summed E-state index contributed by atoms with van der Waals surface area (Å²) in [5, 5.41) is 9.56. The van der Waals surface area contributed by atoms with Gasteiger partial charge in [-0.3, -0.25) is 4.79 Å². The second-order valence-corrected chi connectivity index (χ2v) is 6.39. The van der Waals surface area contributed by atoms with Crippen LogP contribution in [0.4, 0.5) is 13.2 Å². The zero-order valence-corrected chi connectivity index (χ0v) is 15.8. The molecule has 4 nitrogen and oxygen atoms in total. The van der Waals surface area contributed by atoms with Gasteiger partial charge in [0.05, 0.1) is 18.1 Å². The van der Waals surface area contributed by atoms with Crippen molar-refractivity contribution < 1.29 is 32.5 Å². The lowest BCUT2D eigenvalue weighted by Crippen LogP contribution is -2.12. The van der Waals surface area contributed by atoms with Gasteiger partial charge < -0.3 is 14.6 Å². The van der Waals surface area contributed by atoms with Crippen molar-refractivity contribution in [1.29, 1.82) is 0 Å². The minimum Gasteiger partial charge on any atom is -0.491 e. The molecule has 0 fully saturated rings. The van der Waals surface area contributed by atoms with Gasteiger partial charge in [-0.05, 0) is 47.4 Å². The molecule has 0 heterocycles. The molecule has 0 bridgehead atoms. The third-order valence-corrected chi connectivity index (χ3v) is 4.31. The van der Waals surface area contributed by atoms with Crippen molar-refractivity contribution in [1.82, 2.24) is 0 Å². The number of halogens is 3. The van der Waals surface area contributed by atoms with Crippen LogP contribution in [-0.4, -0.2) is 31.4 Å². The Morgan fingerprint density at radius 3 is 2.29 bits per heavy atom. The van der Waals surface area contributed by atoms with Crippen LogP contribution in [0.25, 0.3) is 11.1 Å². The Morgan fingerprint density at radius 2 is 1.75 bits per heavy atom. The fourth-order valence-electron chi connectivity index (χ4n) is 2.89. The Hall–Kier alpha value is -2.54. The summed E-state index contributed by atoms with van der Waals surface area (Å²) in [4.78, 5) is 11.7. The number of alkyl halides is 3. The highest BCUT2D eigenvalue weighted by atomic mass is 19.4. The van der Waals surface area contributed by atoms with Gasteiger partial charge in [-0.2, -0.15) is 13.2 Å². The molecule has 0 aliphatic carbocycles. The number of carbonyl (C=O) groups is 1. The Kier molecular flexibility index (Phi) is 7.45. The van der Waals surface area contributed by atoms with E-state index in [1.165, 1.54) is 19.2 Å². The summed E-state index contributed by atoms with van der Waals surface area (Å²) < 4.78 is 49.0. The predicted octanol–water partition coefficient (Wildman–Crippen LogP) is 5.37.